The fourth-order valence-corrected chi connectivity index (χ4v) is 3.13. The lowest BCUT2D eigenvalue weighted by atomic mass is 10.1. The van der Waals surface area contributed by atoms with Crippen molar-refractivity contribution in [1.82, 2.24) is 10.6 Å². The van der Waals surface area contributed by atoms with E-state index in [1.165, 1.54) is 19.1 Å². The molecular formula is C17H26N3O7P. The normalized spacial score (nSPS) is 15.0. The van der Waals surface area contributed by atoms with Crippen molar-refractivity contribution < 1.29 is 33.5 Å². The summed E-state index contributed by atoms with van der Waals surface area (Å²) in [5, 5.41) is 13.7. The number of carboxylic acid groups (broad SMARTS) is 1. The molecule has 156 valence electrons. The van der Waals surface area contributed by atoms with Crippen molar-refractivity contribution >= 4 is 25.4 Å². The third-order valence-corrected chi connectivity index (χ3v) is 5.38. The highest BCUT2D eigenvalue weighted by atomic mass is 31.2. The number of carboxylic acids is 1. The van der Waals surface area contributed by atoms with Crippen molar-refractivity contribution in [1.29, 1.82) is 0 Å². The molecule has 1 aromatic carbocycles. The van der Waals surface area contributed by atoms with Crippen molar-refractivity contribution in [3.8, 4) is 5.75 Å². The topological polar surface area (TPSA) is 168 Å². The molecule has 0 aliphatic heterocycles. The molecule has 0 radical (unpaired) electrons. The van der Waals surface area contributed by atoms with E-state index in [4.69, 9.17) is 15.4 Å². The molecule has 0 saturated carbocycles. The molecule has 2 amide bonds. The quantitative estimate of drug-likeness (QED) is 0.247. The fourth-order valence-electron chi connectivity index (χ4n) is 2.24. The van der Waals surface area contributed by atoms with Crippen LogP contribution in [0.4, 0.5) is 0 Å². The summed E-state index contributed by atoms with van der Waals surface area (Å²) in [5.41, 5.74) is 5.13. The van der Waals surface area contributed by atoms with Gasteiger partial charge in [-0.15, -0.1) is 0 Å². The predicted octanol–water partition coefficient (Wildman–Crippen LogP) is 0.802. The van der Waals surface area contributed by atoms with Gasteiger partial charge in [-0.3, -0.25) is 9.59 Å². The zero-order valence-corrected chi connectivity index (χ0v) is 16.4. The first kappa shape index (κ1) is 23.6. The maximum absolute atomic E-state index is 12.2. The van der Waals surface area contributed by atoms with Crippen LogP contribution in [0.2, 0.25) is 0 Å². The number of carbonyl (C=O) groups excluding carboxylic acids is 2. The summed E-state index contributed by atoms with van der Waals surface area (Å²) in [6.45, 7) is 1.06. The molecule has 1 aromatic rings. The van der Waals surface area contributed by atoms with Crippen LogP contribution in [0.5, 0.6) is 5.75 Å². The van der Waals surface area contributed by atoms with Crippen LogP contribution < -0.4 is 20.9 Å². The molecule has 1 rings (SSSR count). The van der Waals surface area contributed by atoms with Crippen LogP contribution in [0.15, 0.2) is 30.3 Å². The number of unbranched alkanes of at least 4 members (excludes halogenated alkanes) is 1. The second-order valence-corrected chi connectivity index (χ2v) is 8.21. The van der Waals surface area contributed by atoms with Gasteiger partial charge in [-0.2, -0.15) is 0 Å². The number of nitrogens with one attached hydrogen (secondary N) is 2. The van der Waals surface area contributed by atoms with Gasteiger partial charge in [0.05, 0.1) is 6.54 Å². The number of hydrogen-bond acceptors (Lipinski definition) is 6. The lowest BCUT2D eigenvalue weighted by Gasteiger charge is -2.21. The smallest absolute Gasteiger partial charge is 0.398 e. The van der Waals surface area contributed by atoms with Crippen molar-refractivity contribution in [2.24, 2.45) is 5.73 Å². The lowest BCUT2D eigenvalue weighted by molar-refractivity contribution is -0.141. The summed E-state index contributed by atoms with van der Waals surface area (Å²) < 4.78 is 17.3. The Morgan fingerprint density at radius 1 is 1.14 bits per heavy atom. The zero-order chi connectivity index (χ0) is 21.2. The van der Waals surface area contributed by atoms with Crippen molar-refractivity contribution in [3.05, 3.63) is 30.3 Å². The SMILES string of the molecule is C[C@@H](NC(=O)CCCC[C@H](NC(=O)CN)C(=O)O)P(=O)(O)Oc1ccccc1. The molecule has 0 aromatic heterocycles. The summed E-state index contributed by atoms with van der Waals surface area (Å²) >= 11 is 0. The first-order valence-corrected chi connectivity index (χ1v) is 10.4. The van der Waals surface area contributed by atoms with E-state index in [0.717, 1.165) is 0 Å². The second-order valence-electron chi connectivity index (χ2n) is 6.12. The van der Waals surface area contributed by atoms with E-state index >= 15 is 0 Å². The Hall–Kier alpha value is -2.42. The molecule has 0 spiro atoms. The largest absolute Gasteiger partial charge is 0.480 e. The Bertz CT molecular complexity index is 714. The predicted molar refractivity (Wildman–Crippen MR) is 102 cm³/mol. The number of benzene rings is 1. The van der Waals surface area contributed by atoms with Gasteiger partial charge in [-0.05, 0) is 31.9 Å². The van der Waals surface area contributed by atoms with Gasteiger partial charge in [0, 0.05) is 6.42 Å². The minimum absolute atomic E-state index is 0.0346. The molecule has 10 nitrogen and oxygen atoms in total. The number of nitrogens with two attached hydrogens (primary N) is 1. The van der Waals surface area contributed by atoms with Gasteiger partial charge in [0.15, 0.2) is 0 Å². The number of hydrogen-bond donors (Lipinski definition) is 5. The Kier molecular flexibility index (Phi) is 9.64. The van der Waals surface area contributed by atoms with Crippen molar-refractivity contribution in [2.45, 2.75) is 44.4 Å². The molecule has 28 heavy (non-hydrogen) atoms. The summed E-state index contributed by atoms with van der Waals surface area (Å²) in [5.74, 6) is -3.11. The van der Waals surface area contributed by atoms with E-state index in [1.54, 1.807) is 18.2 Å². The summed E-state index contributed by atoms with van der Waals surface area (Å²) in [6.07, 6.45) is 0.878. The van der Waals surface area contributed by atoms with Crippen LogP contribution in [0.3, 0.4) is 0 Å². The van der Waals surface area contributed by atoms with Gasteiger partial charge in [-0.25, -0.2) is 9.36 Å². The third-order valence-electron chi connectivity index (χ3n) is 3.80. The molecule has 6 N–H and O–H groups in total. The maximum Gasteiger partial charge on any atom is 0.398 e. The molecule has 11 heteroatoms. The number of carbonyl (C=O) groups is 3. The van der Waals surface area contributed by atoms with Crippen LogP contribution >= 0.6 is 7.60 Å². The minimum Gasteiger partial charge on any atom is -0.480 e. The van der Waals surface area contributed by atoms with Gasteiger partial charge >= 0.3 is 13.6 Å². The summed E-state index contributed by atoms with van der Waals surface area (Å²) in [6, 6.07) is 7.02. The molecule has 0 fully saturated rings. The van der Waals surface area contributed by atoms with E-state index in [9.17, 15) is 23.8 Å². The van der Waals surface area contributed by atoms with E-state index < -0.39 is 37.2 Å². The minimum atomic E-state index is -4.12. The first-order chi connectivity index (χ1) is 13.2. The number of rotatable bonds is 12. The third kappa shape index (κ3) is 8.51. The van der Waals surface area contributed by atoms with Gasteiger partial charge in [0.25, 0.3) is 0 Å². The molecule has 3 atom stereocenters. The van der Waals surface area contributed by atoms with Crippen LogP contribution in [0.25, 0.3) is 0 Å². The number of amides is 2. The zero-order valence-electron chi connectivity index (χ0n) is 15.5. The van der Waals surface area contributed by atoms with Crippen LogP contribution in [0.1, 0.15) is 32.6 Å². The van der Waals surface area contributed by atoms with E-state index in [-0.39, 0.29) is 25.1 Å². The van der Waals surface area contributed by atoms with E-state index in [2.05, 4.69) is 10.6 Å². The Morgan fingerprint density at radius 2 is 1.79 bits per heavy atom. The maximum atomic E-state index is 12.2. The van der Waals surface area contributed by atoms with Crippen molar-refractivity contribution in [2.75, 3.05) is 6.54 Å². The van der Waals surface area contributed by atoms with Crippen LogP contribution in [0, 0.1) is 0 Å². The van der Waals surface area contributed by atoms with Gasteiger partial charge < -0.3 is 30.9 Å². The van der Waals surface area contributed by atoms with Gasteiger partial charge in [0.2, 0.25) is 11.8 Å². The van der Waals surface area contributed by atoms with Crippen molar-refractivity contribution in [3.63, 3.8) is 0 Å². The van der Waals surface area contributed by atoms with E-state index in [1.807, 2.05) is 0 Å². The fraction of sp³-hybridized carbons (Fsp3) is 0.471. The molecule has 0 aliphatic carbocycles. The van der Waals surface area contributed by atoms with E-state index in [0.29, 0.717) is 12.8 Å². The monoisotopic (exact) mass is 415 g/mol. The second kappa shape index (κ2) is 11.4. The highest BCUT2D eigenvalue weighted by molar-refractivity contribution is 7.54. The number of aliphatic carboxylic acids is 1. The first-order valence-electron chi connectivity index (χ1n) is 8.74. The van der Waals surface area contributed by atoms with Gasteiger partial charge in [0.1, 0.15) is 17.6 Å². The summed E-state index contributed by atoms with van der Waals surface area (Å²) in [4.78, 5) is 44.2. The molecule has 0 aliphatic rings. The average Bonchev–Trinajstić information content (AvgIpc) is 2.64. The standard InChI is InChI=1S/C17H26N3O7P/c1-12(28(25,26)27-13-7-3-2-4-8-13)19-15(21)10-6-5-9-14(17(23)24)20-16(22)11-18/h2-4,7-8,12,14H,5-6,9-11,18H2,1H3,(H,19,21)(H,20,22)(H,23,24)(H,25,26)/t12-,14-/m0/s1. The lowest BCUT2D eigenvalue weighted by Crippen LogP contribution is -2.43. The molecule has 1 unspecified atom stereocenters. The highest BCUT2D eigenvalue weighted by Gasteiger charge is 2.31. The highest BCUT2D eigenvalue weighted by Crippen LogP contribution is 2.46. The molecular weight excluding hydrogens is 389 g/mol. The molecule has 0 heterocycles. The number of para-hydroxylation sites is 1. The Labute approximate surface area is 163 Å². The molecule has 0 bridgehead atoms. The summed E-state index contributed by atoms with van der Waals surface area (Å²) in [7, 11) is -4.12. The molecule has 0 saturated heterocycles. The average molecular weight is 415 g/mol. The van der Waals surface area contributed by atoms with Crippen LogP contribution in [-0.4, -0.2) is 46.2 Å². The Morgan fingerprint density at radius 3 is 2.36 bits per heavy atom. The van der Waals surface area contributed by atoms with Crippen LogP contribution in [-0.2, 0) is 18.9 Å². The Balaban J connectivity index is 2.39. The van der Waals surface area contributed by atoms with Gasteiger partial charge in [-0.1, -0.05) is 24.6 Å².